The maximum Gasteiger partial charge on any atom is 0.264 e. The number of thiophene rings is 2. The number of fused-ring (bicyclic) bond motifs is 1. The number of rotatable bonds is 9. The minimum atomic E-state index is -0.321. The summed E-state index contributed by atoms with van der Waals surface area (Å²) in [6, 6.07) is 11.3. The van der Waals surface area contributed by atoms with E-state index in [0.717, 1.165) is 18.4 Å². The van der Waals surface area contributed by atoms with Crippen molar-refractivity contribution in [3.05, 3.63) is 74.4 Å². The van der Waals surface area contributed by atoms with Crippen LogP contribution < -0.4 is 4.74 Å². The molecule has 180 valence electrons. The van der Waals surface area contributed by atoms with E-state index in [0.29, 0.717) is 29.6 Å². The number of hydrogen-bond donors (Lipinski definition) is 0. The van der Waals surface area contributed by atoms with Gasteiger partial charge in [-0.15, -0.1) is 22.7 Å². The summed E-state index contributed by atoms with van der Waals surface area (Å²) in [7, 11) is 0. The van der Waals surface area contributed by atoms with E-state index < -0.39 is 0 Å². The van der Waals surface area contributed by atoms with Gasteiger partial charge in [0.1, 0.15) is 24.7 Å². The van der Waals surface area contributed by atoms with Crippen LogP contribution in [0, 0.1) is 11.7 Å². The van der Waals surface area contributed by atoms with Crippen molar-refractivity contribution < 1.29 is 18.7 Å². The Morgan fingerprint density at radius 2 is 1.94 bits per heavy atom. The third-order valence-corrected chi connectivity index (χ3v) is 7.81. The first-order valence-electron chi connectivity index (χ1n) is 11.5. The molecule has 0 N–H and O–H groups in total. The molecule has 0 aliphatic carbocycles. The molecule has 5 nitrogen and oxygen atoms in total. The maximum absolute atomic E-state index is 13.6. The summed E-state index contributed by atoms with van der Waals surface area (Å²) >= 11 is 3.08. The highest BCUT2D eigenvalue weighted by Gasteiger charge is 2.33. The number of halogens is 1. The Bertz CT molecular complexity index is 1100. The van der Waals surface area contributed by atoms with Crippen LogP contribution in [0.4, 0.5) is 4.39 Å². The lowest BCUT2D eigenvalue weighted by molar-refractivity contribution is -0.135. The van der Waals surface area contributed by atoms with Gasteiger partial charge in [-0.2, -0.15) is 0 Å². The van der Waals surface area contributed by atoms with E-state index in [-0.39, 0.29) is 36.8 Å². The fourth-order valence-electron chi connectivity index (χ4n) is 4.06. The number of hydrogen-bond acceptors (Lipinski definition) is 5. The van der Waals surface area contributed by atoms with Crippen LogP contribution in [0.2, 0.25) is 0 Å². The van der Waals surface area contributed by atoms with Crippen molar-refractivity contribution in [3.8, 4) is 5.75 Å². The van der Waals surface area contributed by atoms with Crippen molar-refractivity contribution in [2.24, 2.45) is 5.92 Å². The van der Waals surface area contributed by atoms with Crippen molar-refractivity contribution in [1.82, 2.24) is 9.80 Å². The summed E-state index contributed by atoms with van der Waals surface area (Å²) < 4.78 is 19.2. The summed E-state index contributed by atoms with van der Waals surface area (Å²) in [5.74, 6) is 0.477. The summed E-state index contributed by atoms with van der Waals surface area (Å²) in [6.07, 6.45) is 1.62. The standard InChI is InChI=1S/C26H29FN2O3S2/c1-18(2)9-12-28(26(31)24-4-3-14-33-24)16-25(30)29-13-10-23-21(11-15-34-23)22(29)17-32-20-7-5-19(27)6-8-20/h3-8,11,14-15,18,22H,9-10,12-13,16-17H2,1-2H3. The minimum Gasteiger partial charge on any atom is -0.491 e. The topological polar surface area (TPSA) is 49.9 Å². The Morgan fingerprint density at radius 3 is 2.65 bits per heavy atom. The molecule has 1 aliphatic rings. The third-order valence-electron chi connectivity index (χ3n) is 5.96. The molecule has 3 aromatic rings. The molecule has 0 radical (unpaired) electrons. The summed E-state index contributed by atoms with van der Waals surface area (Å²) in [4.78, 5) is 32.1. The second-order valence-corrected chi connectivity index (χ2v) is 10.8. The zero-order chi connectivity index (χ0) is 24.1. The van der Waals surface area contributed by atoms with Crippen molar-refractivity contribution >= 4 is 34.5 Å². The van der Waals surface area contributed by atoms with Gasteiger partial charge in [-0.25, -0.2) is 4.39 Å². The van der Waals surface area contributed by atoms with E-state index in [4.69, 9.17) is 4.74 Å². The molecule has 1 aliphatic heterocycles. The first-order chi connectivity index (χ1) is 16.4. The van der Waals surface area contributed by atoms with Gasteiger partial charge in [0, 0.05) is 18.0 Å². The SMILES string of the molecule is CC(C)CCN(CC(=O)N1CCc2sccc2C1COc1ccc(F)cc1)C(=O)c1cccs1. The van der Waals surface area contributed by atoms with Gasteiger partial charge >= 0.3 is 0 Å². The molecule has 0 saturated heterocycles. The zero-order valence-corrected chi connectivity index (χ0v) is 21.0. The van der Waals surface area contributed by atoms with Gasteiger partial charge in [-0.3, -0.25) is 9.59 Å². The molecule has 34 heavy (non-hydrogen) atoms. The third kappa shape index (κ3) is 5.85. The van der Waals surface area contributed by atoms with Gasteiger partial charge in [-0.1, -0.05) is 19.9 Å². The average molecular weight is 501 g/mol. The molecule has 0 saturated carbocycles. The average Bonchev–Trinajstić information content (AvgIpc) is 3.53. The number of ether oxygens (including phenoxy) is 1. The van der Waals surface area contributed by atoms with Gasteiger partial charge in [0.25, 0.3) is 5.91 Å². The molecule has 2 aromatic heterocycles. The van der Waals surface area contributed by atoms with Crippen molar-refractivity contribution in [2.75, 3.05) is 26.2 Å². The number of carbonyl (C=O) groups is 2. The van der Waals surface area contributed by atoms with E-state index in [9.17, 15) is 14.0 Å². The fourth-order valence-corrected chi connectivity index (χ4v) is 5.68. The number of benzene rings is 1. The summed E-state index contributed by atoms with van der Waals surface area (Å²) in [5, 5.41) is 3.92. The van der Waals surface area contributed by atoms with E-state index in [2.05, 4.69) is 13.8 Å². The zero-order valence-electron chi connectivity index (χ0n) is 19.4. The molecular weight excluding hydrogens is 471 g/mol. The van der Waals surface area contributed by atoms with E-state index in [1.165, 1.54) is 28.3 Å². The van der Waals surface area contributed by atoms with Gasteiger partial charge in [0.15, 0.2) is 0 Å². The van der Waals surface area contributed by atoms with E-state index >= 15 is 0 Å². The lowest BCUT2D eigenvalue weighted by Crippen LogP contribution is -2.48. The van der Waals surface area contributed by atoms with Gasteiger partial charge in [-0.05, 0) is 71.5 Å². The molecule has 0 spiro atoms. The normalized spacial score (nSPS) is 15.3. The first-order valence-corrected chi connectivity index (χ1v) is 13.2. The molecule has 3 heterocycles. The monoisotopic (exact) mass is 500 g/mol. The van der Waals surface area contributed by atoms with Gasteiger partial charge in [0.2, 0.25) is 5.91 Å². The Morgan fingerprint density at radius 1 is 1.15 bits per heavy atom. The Labute approximate surface area is 207 Å². The highest BCUT2D eigenvalue weighted by molar-refractivity contribution is 7.12. The second kappa shape index (κ2) is 11.1. The lowest BCUT2D eigenvalue weighted by atomic mass is 10.0. The smallest absolute Gasteiger partial charge is 0.264 e. The molecule has 4 rings (SSSR count). The first kappa shape index (κ1) is 24.4. The number of amides is 2. The number of carbonyl (C=O) groups excluding carboxylic acids is 2. The Balaban J connectivity index is 1.51. The Hall–Kier alpha value is -2.71. The fraction of sp³-hybridized carbons (Fsp3) is 0.385. The molecule has 0 bridgehead atoms. The van der Waals surface area contributed by atoms with Gasteiger partial charge in [0.05, 0.1) is 10.9 Å². The molecule has 1 atom stereocenters. The minimum absolute atomic E-state index is 0.0377. The molecule has 0 fully saturated rings. The van der Waals surface area contributed by atoms with Crippen LogP contribution in [0.15, 0.2) is 53.2 Å². The molecule has 8 heteroatoms. The number of nitrogens with zero attached hydrogens (tertiary/aromatic N) is 2. The molecule has 1 unspecified atom stereocenters. The molecule has 2 amide bonds. The molecule has 1 aromatic carbocycles. The molecular formula is C26H29FN2O3S2. The van der Waals surface area contributed by atoms with Gasteiger partial charge < -0.3 is 14.5 Å². The van der Waals surface area contributed by atoms with Crippen LogP contribution >= 0.6 is 22.7 Å². The van der Waals surface area contributed by atoms with E-state index in [1.54, 1.807) is 34.4 Å². The highest BCUT2D eigenvalue weighted by atomic mass is 32.1. The largest absolute Gasteiger partial charge is 0.491 e. The predicted octanol–water partition coefficient (Wildman–Crippen LogP) is 5.64. The summed E-state index contributed by atoms with van der Waals surface area (Å²) in [6.45, 7) is 5.65. The van der Waals surface area contributed by atoms with Crippen LogP contribution in [0.1, 0.15) is 46.4 Å². The Kier molecular flexibility index (Phi) is 8.00. The van der Waals surface area contributed by atoms with Crippen molar-refractivity contribution in [1.29, 1.82) is 0 Å². The van der Waals surface area contributed by atoms with Crippen LogP contribution in [0.3, 0.4) is 0 Å². The predicted molar refractivity (Wildman–Crippen MR) is 134 cm³/mol. The van der Waals surface area contributed by atoms with Crippen LogP contribution in [0.25, 0.3) is 0 Å². The van der Waals surface area contributed by atoms with Crippen molar-refractivity contribution in [3.63, 3.8) is 0 Å². The van der Waals surface area contributed by atoms with Crippen LogP contribution in [0.5, 0.6) is 5.75 Å². The summed E-state index contributed by atoms with van der Waals surface area (Å²) in [5.41, 5.74) is 1.09. The van der Waals surface area contributed by atoms with Crippen molar-refractivity contribution in [2.45, 2.75) is 32.7 Å². The quantitative estimate of drug-likeness (QED) is 0.382. The van der Waals surface area contributed by atoms with E-state index in [1.807, 2.05) is 27.8 Å². The van der Waals surface area contributed by atoms with Crippen LogP contribution in [-0.2, 0) is 11.2 Å². The van der Waals surface area contributed by atoms with Crippen LogP contribution in [-0.4, -0.2) is 47.9 Å². The second-order valence-electron chi connectivity index (χ2n) is 8.80. The highest BCUT2D eigenvalue weighted by Crippen LogP contribution is 2.34. The maximum atomic E-state index is 13.6. The lowest BCUT2D eigenvalue weighted by Gasteiger charge is -2.37.